The maximum Gasteiger partial charge on any atom is 0.255 e. The minimum atomic E-state index is -0.235. The Bertz CT molecular complexity index is 779. The van der Waals surface area contributed by atoms with E-state index >= 15 is 0 Å². The van der Waals surface area contributed by atoms with Crippen LogP contribution < -0.4 is 16.4 Å². The summed E-state index contributed by atoms with van der Waals surface area (Å²) in [5.41, 5.74) is 9.19. The molecule has 0 aliphatic carbocycles. The minimum absolute atomic E-state index is 0.235. The van der Waals surface area contributed by atoms with E-state index in [9.17, 15) is 4.79 Å². The summed E-state index contributed by atoms with van der Waals surface area (Å²) in [6.07, 6.45) is 8.65. The van der Waals surface area contributed by atoms with Crippen molar-refractivity contribution in [3.8, 4) is 0 Å². The number of hydrogen-bond acceptors (Lipinski definition) is 4. The second-order valence-corrected chi connectivity index (χ2v) is 5.12. The Kier molecular flexibility index (Phi) is 5.91. The lowest BCUT2D eigenvalue weighted by atomic mass is 10.2. The number of carbonyl (C=O) groups excluding carboxylic acids is 1. The fraction of sp³-hybridized carbons (Fsp3) is 0.0526. The first-order valence-electron chi connectivity index (χ1n) is 7.43. The van der Waals surface area contributed by atoms with Crippen molar-refractivity contribution < 1.29 is 4.79 Å². The van der Waals surface area contributed by atoms with Gasteiger partial charge < -0.3 is 16.4 Å². The summed E-state index contributed by atoms with van der Waals surface area (Å²) in [7, 11) is 0. The number of anilines is 2. The van der Waals surface area contributed by atoms with Gasteiger partial charge in [0.15, 0.2) is 0 Å². The van der Waals surface area contributed by atoms with Crippen molar-refractivity contribution in [2.45, 2.75) is 6.92 Å². The number of carbonyl (C=O) groups is 1. The first-order valence-corrected chi connectivity index (χ1v) is 7.43. The van der Waals surface area contributed by atoms with Gasteiger partial charge in [0, 0.05) is 40.7 Å². The number of amides is 1. The van der Waals surface area contributed by atoms with E-state index in [1.54, 1.807) is 48.8 Å². The molecule has 2 aromatic rings. The molecule has 24 heavy (non-hydrogen) atoms. The molecule has 1 aromatic heterocycles. The molecule has 0 saturated carbocycles. The number of nitrogens with zero attached hydrogens (tertiary/aromatic N) is 1. The number of rotatable bonds is 6. The highest BCUT2D eigenvalue weighted by Gasteiger charge is 2.05. The molecular formula is C19H20N4O. The highest BCUT2D eigenvalue weighted by molar-refractivity contribution is 5.96. The largest absolute Gasteiger partial charge is 0.399 e. The van der Waals surface area contributed by atoms with Gasteiger partial charge in [0.1, 0.15) is 0 Å². The van der Waals surface area contributed by atoms with Gasteiger partial charge in [0.25, 0.3) is 5.91 Å². The molecule has 2 rings (SSSR count). The highest BCUT2D eigenvalue weighted by Crippen LogP contribution is 2.09. The van der Waals surface area contributed by atoms with Gasteiger partial charge in [0.2, 0.25) is 0 Å². The number of nitrogens with two attached hydrogens (primary N) is 1. The van der Waals surface area contributed by atoms with E-state index in [0.717, 1.165) is 11.4 Å². The lowest BCUT2D eigenvalue weighted by Crippen LogP contribution is -2.21. The Hall–Kier alpha value is -3.34. The summed E-state index contributed by atoms with van der Waals surface area (Å²) >= 11 is 0. The van der Waals surface area contributed by atoms with Crippen LogP contribution >= 0.6 is 0 Å². The molecule has 1 heterocycles. The van der Waals surface area contributed by atoms with E-state index in [-0.39, 0.29) is 5.91 Å². The van der Waals surface area contributed by atoms with Crippen LogP contribution in [0.1, 0.15) is 17.3 Å². The van der Waals surface area contributed by atoms with E-state index in [2.05, 4.69) is 22.2 Å². The van der Waals surface area contributed by atoms with Crippen LogP contribution in [0, 0.1) is 0 Å². The topological polar surface area (TPSA) is 80.0 Å². The SMILES string of the molecule is C=C/C(=C\C=C(/C)Nc1ccncc1)NC(=O)c1cccc(N)c1. The molecule has 0 saturated heterocycles. The van der Waals surface area contributed by atoms with Gasteiger partial charge in [-0.1, -0.05) is 12.6 Å². The monoisotopic (exact) mass is 320 g/mol. The van der Waals surface area contributed by atoms with Crippen LogP contribution in [0.2, 0.25) is 0 Å². The van der Waals surface area contributed by atoms with Crippen LogP contribution in [0.3, 0.4) is 0 Å². The first kappa shape index (κ1) is 17.0. The maximum absolute atomic E-state index is 12.2. The zero-order chi connectivity index (χ0) is 17.4. The number of hydrogen-bond donors (Lipinski definition) is 3. The lowest BCUT2D eigenvalue weighted by Gasteiger charge is -2.07. The molecule has 5 heteroatoms. The van der Waals surface area contributed by atoms with Crippen molar-refractivity contribution in [1.29, 1.82) is 0 Å². The highest BCUT2D eigenvalue weighted by atomic mass is 16.1. The number of nitrogens with one attached hydrogen (secondary N) is 2. The van der Waals surface area contributed by atoms with Crippen LogP contribution in [0.4, 0.5) is 11.4 Å². The quantitative estimate of drug-likeness (QED) is 0.562. The molecule has 0 unspecified atom stereocenters. The predicted molar refractivity (Wildman–Crippen MR) is 98.2 cm³/mol. The van der Waals surface area contributed by atoms with Crippen LogP contribution in [-0.2, 0) is 0 Å². The minimum Gasteiger partial charge on any atom is -0.399 e. The Balaban J connectivity index is 2.04. The van der Waals surface area contributed by atoms with Gasteiger partial charge in [-0.05, 0) is 55.5 Å². The summed E-state index contributed by atoms with van der Waals surface area (Å²) in [6.45, 7) is 5.65. The zero-order valence-corrected chi connectivity index (χ0v) is 13.5. The predicted octanol–water partition coefficient (Wildman–Crippen LogP) is 3.48. The van der Waals surface area contributed by atoms with Crippen molar-refractivity contribution in [2.24, 2.45) is 0 Å². The standard InChI is InChI=1S/C19H20N4O/c1-3-17(23-19(24)15-5-4-6-16(20)13-15)8-7-14(2)22-18-9-11-21-12-10-18/h3-13H,1,20H2,2H3,(H,21,22)(H,23,24)/b14-7+,17-8+. The molecule has 0 aliphatic rings. The van der Waals surface area contributed by atoms with Gasteiger partial charge >= 0.3 is 0 Å². The van der Waals surface area contributed by atoms with Gasteiger partial charge in [-0.15, -0.1) is 0 Å². The number of nitrogen functional groups attached to an aromatic ring is 1. The number of allylic oxidation sites excluding steroid dienone is 4. The van der Waals surface area contributed by atoms with Crippen LogP contribution in [0.25, 0.3) is 0 Å². The Labute approximate surface area is 141 Å². The second-order valence-electron chi connectivity index (χ2n) is 5.12. The van der Waals surface area contributed by atoms with E-state index < -0.39 is 0 Å². The Morgan fingerprint density at radius 3 is 2.62 bits per heavy atom. The van der Waals surface area contributed by atoms with Gasteiger partial charge in [-0.25, -0.2) is 0 Å². The van der Waals surface area contributed by atoms with Crippen molar-refractivity contribution in [1.82, 2.24) is 10.3 Å². The molecule has 0 atom stereocenters. The lowest BCUT2D eigenvalue weighted by molar-refractivity contribution is 0.0967. The molecule has 0 spiro atoms. The number of aromatic nitrogens is 1. The fourth-order valence-electron chi connectivity index (χ4n) is 1.96. The van der Waals surface area contributed by atoms with Crippen molar-refractivity contribution >= 4 is 17.3 Å². The summed E-state index contributed by atoms with van der Waals surface area (Å²) in [6, 6.07) is 10.6. The molecule has 0 aliphatic heterocycles. The summed E-state index contributed by atoms with van der Waals surface area (Å²) < 4.78 is 0. The molecule has 4 N–H and O–H groups in total. The van der Waals surface area contributed by atoms with E-state index in [4.69, 9.17) is 5.73 Å². The van der Waals surface area contributed by atoms with E-state index in [0.29, 0.717) is 16.9 Å². The first-order chi connectivity index (χ1) is 11.6. The Morgan fingerprint density at radius 1 is 1.21 bits per heavy atom. The zero-order valence-electron chi connectivity index (χ0n) is 13.5. The van der Waals surface area contributed by atoms with E-state index in [1.807, 2.05) is 25.1 Å². The number of pyridine rings is 1. The van der Waals surface area contributed by atoms with Crippen LogP contribution in [0.15, 0.2) is 85.0 Å². The van der Waals surface area contributed by atoms with E-state index in [1.165, 1.54) is 0 Å². The fourth-order valence-corrected chi connectivity index (χ4v) is 1.96. The average molecular weight is 320 g/mol. The van der Waals surface area contributed by atoms with Gasteiger partial charge in [-0.3, -0.25) is 9.78 Å². The summed E-state index contributed by atoms with van der Waals surface area (Å²) in [5, 5.41) is 6.02. The molecule has 5 nitrogen and oxygen atoms in total. The third-order valence-corrected chi connectivity index (χ3v) is 3.16. The molecule has 122 valence electrons. The summed E-state index contributed by atoms with van der Waals surface area (Å²) in [5.74, 6) is -0.235. The third-order valence-electron chi connectivity index (χ3n) is 3.16. The third kappa shape index (κ3) is 5.14. The molecule has 1 aromatic carbocycles. The number of benzene rings is 1. The van der Waals surface area contributed by atoms with Crippen molar-refractivity contribution in [2.75, 3.05) is 11.1 Å². The van der Waals surface area contributed by atoms with Gasteiger partial charge in [-0.2, -0.15) is 0 Å². The molecule has 1 amide bonds. The molecule has 0 fully saturated rings. The Morgan fingerprint density at radius 2 is 1.96 bits per heavy atom. The molecule has 0 bridgehead atoms. The smallest absolute Gasteiger partial charge is 0.255 e. The van der Waals surface area contributed by atoms with Gasteiger partial charge in [0.05, 0.1) is 0 Å². The van der Waals surface area contributed by atoms with Crippen molar-refractivity contribution in [3.63, 3.8) is 0 Å². The molecule has 0 radical (unpaired) electrons. The maximum atomic E-state index is 12.2. The van der Waals surface area contributed by atoms with Crippen LogP contribution in [-0.4, -0.2) is 10.9 Å². The average Bonchev–Trinajstić information content (AvgIpc) is 2.59. The second kappa shape index (κ2) is 8.33. The summed E-state index contributed by atoms with van der Waals surface area (Å²) in [4.78, 5) is 16.2. The van der Waals surface area contributed by atoms with Crippen molar-refractivity contribution in [3.05, 3.63) is 90.6 Å². The normalized spacial score (nSPS) is 11.7. The van der Waals surface area contributed by atoms with Crippen LogP contribution in [0.5, 0.6) is 0 Å². The molecular weight excluding hydrogens is 300 g/mol.